The summed E-state index contributed by atoms with van der Waals surface area (Å²) in [5.74, 6) is 3.91. The van der Waals surface area contributed by atoms with Crippen LogP contribution in [0.2, 0.25) is 0 Å². The highest BCUT2D eigenvalue weighted by atomic mass is 15.4. The number of piperazine rings is 1. The van der Waals surface area contributed by atoms with Gasteiger partial charge in [-0.25, -0.2) is 0 Å². The third kappa shape index (κ3) is 1.86. The van der Waals surface area contributed by atoms with Gasteiger partial charge in [0.15, 0.2) is 0 Å². The molecule has 5 saturated heterocycles. The highest BCUT2D eigenvalue weighted by molar-refractivity contribution is 5.21. The first-order valence-electron chi connectivity index (χ1n) is 11.9. The van der Waals surface area contributed by atoms with Crippen molar-refractivity contribution in [3.05, 3.63) is 0 Å². The van der Waals surface area contributed by atoms with Gasteiger partial charge in [-0.2, -0.15) is 0 Å². The highest BCUT2D eigenvalue weighted by Crippen LogP contribution is 2.58. The topological polar surface area (TPSA) is 30.5 Å². The van der Waals surface area contributed by atoms with Crippen LogP contribution in [-0.2, 0) is 0 Å². The number of nitrogens with zero attached hydrogens (tertiary/aromatic N) is 2. The predicted molar refractivity (Wildman–Crippen MR) is 103 cm³/mol. The van der Waals surface area contributed by atoms with Gasteiger partial charge in [0.1, 0.15) is 0 Å². The fraction of sp³-hybridized carbons (Fsp3) is 1.00. The molecule has 5 heterocycles. The first-order valence-corrected chi connectivity index (χ1v) is 11.9. The molecule has 0 aromatic heterocycles. The van der Waals surface area contributed by atoms with Crippen molar-refractivity contribution in [2.24, 2.45) is 23.7 Å². The fourth-order valence-corrected chi connectivity index (χ4v) is 9.53. The van der Waals surface area contributed by atoms with Crippen LogP contribution in [0, 0.1) is 23.7 Å². The van der Waals surface area contributed by atoms with Gasteiger partial charge in [0.2, 0.25) is 0 Å². The van der Waals surface area contributed by atoms with Crippen molar-refractivity contribution in [2.75, 3.05) is 26.2 Å². The van der Waals surface area contributed by atoms with Crippen molar-refractivity contribution in [1.82, 2.24) is 20.4 Å². The quantitative estimate of drug-likeness (QED) is 0.691. The van der Waals surface area contributed by atoms with Crippen molar-refractivity contribution < 1.29 is 0 Å². The molecule has 2 saturated carbocycles. The van der Waals surface area contributed by atoms with E-state index >= 15 is 0 Å². The van der Waals surface area contributed by atoms with Crippen LogP contribution in [0.25, 0.3) is 0 Å². The van der Waals surface area contributed by atoms with Crippen LogP contribution in [0.5, 0.6) is 0 Å². The molecule has 7 fully saturated rings. The Morgan fingerprint density at radius 2 is 1.00 bits per heavy atom. The molecule has 0 radical (unpaired) electrons. The molecule has 144 valence electrons. The van der Waals surface area contributed by atoms with E-state index in [9.17, 15) is 0 Å². The lowest BCUT2D eigenvalue weighted by Gasteiger charge is -2.59. The van der Waals surface area contributed by atoms with E-state index in [0.29, 0.717) is 0 Å². The molecule has 26 heavy (non-hydrogen) atoms. The van der Waals surface area contributed by atoms with Crippen LogP contribution in [0.3, 0.4) is 0 Å². The summed E-state index contributed by atoms with van der Waals surface area (Å²) in [6.07, 6.45) is 11.9. The summed E-state index contributed by atoms with van der Waals surface area (Å²) in [5, 5.41) is 7.54. The molecule has 10 unspecified atom stereocenters. The Kier molecular flexibility index (Phi) is 3.44. The van der Waals surface area contributed by atoms with E-state index in [2.05, 4.69) is 20.4 Å². The second-order valence-electron chi connectivity index (χ2n) is 10.6. The van der Waals surface area contributed by atoms with E-state index < -0.39 is 0 Å². The smallest absolute Gasteiger partial charge is 0.0290 e. The van der Waals surface area contributed by atoms with Crippen molar-refractivity contribution in [3.8, 4) is 0 Å². The zero-order valence-electron chi connectivity index (χ0n) is 16.2. The van der Waals surface area contributed by atoms with Crippen LogP contribution >= 0.6 is 0 Å². The maximum absolute atomic E-state index is 3.77. The van der Waals surface area contributed by atoms with E-state index in [0.717, 1.165) is 59.9 Å². The van der Waals surface area contributed by atoms with Crippen molar-refractivity contribution in [2.45, 2.75) is 87.6 Å². The molecule has 7 aliphatic rings. The summed E-state index contributed by atoms with van der Waals surface area (Å²) in [5.41, 5.74) is 0. The number of hydrogen-bond donors (Lipinski definition) is 2. The molecule has 0 spiro atoms. The van der Waals surface area contributed by atoms with Crippen molar-refractivity contribution >= 4 is 0 Å². The molecular formula is C22H36N4. The van der Waals surface area contributed by atoms with Crippen LogP contribution in [0.1, 0.15) is 51.4 Å². The van der Waals surface area contributed by atoms with E-state index in [-0.39, 0.29) is 0 Å². The van der Waals surface area contributed by atoms with Crippen LogP contribution in [0.4, 0.5) is 0 Å². The summed E-state index contributed by atoms with van der Waals surface area (Å²) < 4.78 is 0. The maximum atomic E-state index is 3.77. The Bertz CT molecular complexity index is 530. The molecule has 2 aliphatic carbocycles. The third-order valence-corrected chi connectivity index (χ3v) is 10.0. The number of hydrogen-bond acceptors (Lipinski definition) is 4. The van der Waals surface area contributed by atoms with Gasteiger partial charge in [-0.3, -0.25) is 9.80 Å². The lowest BCUT2D eigenvalue weighted by atomic mass is 9.71. The monoisotopic (exact) mass is 356 g/mol. The molecule has 2 N–H and O–H groups in total. The zero-order valence-corrected chi connectivity index (χ0v) is 16.2. The molecule has 0 bridgehead atoms. The number of fused-ring (bicyclic) bond motifs is 8. The van der Waals surface area contributed by atoms with Crippen LogP contribution in [-0.4, -0.2) is 72.2 Å². The summed E-state index contributed by atoms with van der Waals surface area (Å²) in [6.45, 7) is 5.15. The molecule has 10 atom stereocenters. The minimum atomic E-state index is 0.897. The Labute approximate surface area is 158 Å². The fourth-order valence-electron chi connectivity index (χ4n) is 9.53. The van der Waals surface area contributed by atoms with Gasteiger partial charge >= 0.3 is 0 Å². The summed E-state index contributed by atoms with van der Waals surface area (Å²) in [7, 11) is 0. The first kappa shape index (κ1) is 15.7. The Balaban J connectivity index is 1.34. The third-order valence-electron chi connectivity index (χ3n) is 10.0. The molecule has 0 aromatic carbocycles. The lowest BCUT2D eigenvalue weighted by Crippen LogP contribution is -2.70. The molecular weight excluding hydrogens is 320 g/mol. The SMILES string of the molecule is C1CC2C3CNCCC3N3C4CCCC5C6CNCCC6N(C(C1)C23)C54. The van der Waals surface area contributed by atoms with E-state index in [4.69, 9.17) is 0 Å². The van der Waals surface area contributed by atoms with Gasteiger partial charge in [0, 0.05) is 36.3 Å². The van der Waals surface area contributed by atoms with Crippen LogP contribution < -0.4 is 10.6 Å². The van der Waals surface area contributed by atoms with Gasteiger partial charge in [0.25, 0.3) is 0 Å². The van der Waals surface area contributed by atoms with Gasteiger partial charge in [-0.1, -0.05) is 12.8 Å². The second-order valence-corrected chi connectivity index (χ2v) is 10.6. The Morgan fingerprint density at radius 1 is 0.500 bits per heavy atom. The highest BCUT2D eigenvalue weighted by Gasteiger charge is 2.66. The van der Waals surface area contributed by atoms with Gasteiger partial charge in [0.05, 0.1) is 0 Å². The summed E-state index contributed by atoms with van der Waals surface area (Å²) >= 11 is 0. The van der Waals surface area contributed by atoms with Gasteiger partial charge < -0.3 is 10.6 Å². The van der Waals surface area contributed by atoms with Gasteiger partial charge in [-0.05, 0) is 88.4 Å². The number of piperidine rings is 2. The standard InChI is InChI=1S/C22H36N4/c1-3-13-15-11-23-9-7-17(15)26-20-6-2-4-14-16-12-24-10-8-18(16)25(22(14)20)19(5-1)21(13)26/h13-24H,1-12H2. The van der Waals surface area contributed by atoms with Crippen molar-refractivity contribution in [3.63, 3.8) is 0 Å². The first-order chi connectivity index (χ1) is 12.9. The lowest BCUT2D eigenvalue weighted by molar-refractivity contribution is -0.0998. The molecule has 5 aliphatic heterocycles. The maximum Gasteiger partial charge on any atom is 0.0290 e. The minimum Gasteiger partial charge on any atom is -0.316 e. The molecule has 4 nitrogen and oxygen atoms in total. The largest absolute Gasteiger partial charge is 0.316 e. The number of rotatable bonds is 0. The normalized spacial score (nSPS) is 58.6. The Morgan fingerprint density at radius 3 is 1.50 bits per heavy atom. The summed E-state index contributed by atoms with van der Waals surface area (Å²) in [4.78, 5) is 6.41. The average molecular weight is 357 g/mol. The summed E-state index contributed by atoms with van der Waals surface area (Å²) in [6, 6.07) is 5.44. The number of nitrogens with one attached hydrogen (secondary N) is 2. The molecule has 0 amide bonds. The predicted octanol–water partition coefficient (Wildman–Crippen LogP) is 1.66. The van der Waals surface area contributed by atoms with E-state index in [1.54, 1.807) is 0 Å². The van der Waals surface area contributed by atoms with E-state index in [1.165, 1.54) is 77.5 Å². The van der Waals surface area contributed by atoms with Crippen LogP contribution in [0.15, 0.2) is 0 Å². The zero-order chi connectivity index (χ0) is 16.8. The molecule has 4 heteroatoms. The Hall–Kier alpha value is -0.160. The van der Waals surface area contributed by atoms with Crippen molar-refractivity contribution in [1.29, 1.82) is 0 Å². The average Bonchev–Trinajstić information content (AvgIpc) is 3.22. The van der Waals surface area contributed by atoms with E-state index in [1.807, 2.05) is 0 Å². The molecule has 0 aromatic rings. The van der Waals surface area contributed by atoms with Gasteiger partial charge in [-0.15, -0.1) is 0 Å². The second kappa shape index (κ2) is 5.68. The minimum absolute atomic E-state index is 0.897. The molecule has 7 rings (SSSR count).